The fraction of sp³-hybridized carbons (Fsp3) is 0.286. The van der Waals surface area contributed by atoms with Crippen LogP contribution < -0.4 is 0 Å². The summed E-state index contributed by atoms with van der Waals surface area (Å²) in [6, 6.07) is 7.25. The van der Waals surface area contributed by atoms with Crippen LogP contribution in [-0.4, -0.2) is 12.6 Å². The van der Waals surface area contributed by atoms with Crippen molar-refractivity contribution in [2.24, 2.45) is 0 Å². The van der Waals surface area contributed by atoms with Crippen LogP contribution in [0.3, 0.4) is 0 Å². The number of carbonyl (C=O) groups is 1. The summed E-state index contributed by atoms with van der Waals surface area (Å²) in [4.78, 5) is 11.5. The summed E-state index contributed by atoms with van der Waals surface area (Å²) in [6.07, 6.45) is 0.168. The monoisotopic (exact) mass is 243 g/mol. The van der Waals surface area contributed by atoms with Crippen LogP contribution >= 0.6 is 0 Å². The summed E-state index contributed by atoms with van der Waals surface area (Å²) >= 11 is 0. The Bertz CT molecular complexity index is 634. The van der Waals surface area contributed by atoms with Gasteiger partial charge >= 0.3 is 5.97 Å². The standard InChI is InChI=1S/C14H13NO3/c1-3-17-14(16)7-11-9(2)18-13-5-4-10(8-15)6-12(11)13/h4-6H,3,7H2,1-2H3. The predicted molar refractivity (Wildman–Crippen MR) is 66.0 cm³/mol. The van der Waals surface area contributed by atoms with E-state index in [1.54, 1.807) is 32.0 Å². The van der Waals surface area contributed by atoms with Crippen LogP contribution in [0.5, 0.6) is 0 Å². The van der Waals surface area contributed by atoms with Crippen molar-refractivity contribution in [3.63, 3.8) is 0 Å². The fourth-order valence-electron chi connectivity index (χ4n) is 1.92. The minimum Gasteiger partial charge on any atom is -0.466 e. The topological polar surface area (TPSA) is 63.2 Å². The van der Waals surface area contributed by atoms with Gasteiger partial charge in [-0.1, -0.05) is 0 Å². The Kier molecular flexibility index (Phi) is 3.33. The summed E-state index contributed by atoms with van der Waals surface area (Å²) < 4.78 is 10.5. The zero-order valence-electron chi connectivity index (χ0n) is 10.3. The van der Waals surface area contributed by atoms with Crippen molar-refractivity contribution >= 4 is 16.9 Å². The van der Waals surface area contributed by atoms with E-state index in [1.165, 1.54) is 0 Å². The van der Waals surface area contributed by atoms with Crippen molar-refractivity contribution in [3.05, 3.63) is 35.1 Å². The molecule has 0 spiro atoms. The van der Waals surface area contributed by atoms with Gasteiger partial charge in [-0.2, -0.15) is 5.26 Å². The first-order chi connectivity index (χ1) is 8.65. The molecule has 0 atom stereocenters. The van der Waals surface area contributed by atoms with Crippen LogP contribution in [0.15, 0.2) is 22.6 Å². The van der Waals surface area contributed by atoms with Crippen LogP contribution in [0.2, 0.25) is 0 Å². The van der Waals surface area contributed by atoms with Gasteiger partial charge in [0.15, 0.2) is 0 Å². The molecule has 0 aliphatic carbocycles. The van der Waals surface area contributed by atoms with E-state index in [0.717, 1.165) is 10.9 Å². The average molecular weight is 243 g/mol. The number of aryl methyl sites for hydroxylation is 1. The van der Waals surface area contributed by atoms with E-state index in [2.05, 4.69) is 6.07 Å². The second kappa shape index (κ2) is 4.92. The van der Waals surface area contributed by atoms with Crippen LogP contribution in [0.1, 0.15) is 23.8 Å². The number of nitrogens with zero attached hydrogens (tertiary/aromatic N) is 1. The van der Waals surface area contributed by atoms with E-state index in [9.17, 15) is 4.79 Å². The Morgan fingerprint density at radius 2 is 2.28 bits per heavy atom. The quantitative estimate of drug-likeness (QED) is 0.777. The summed E-state index contributed by atoms with van der Waals surface area (Å²) in [5, 5.41) is 9.69. The van der Waals surface area contributed by atoms with Gasteiger partial charge in [-0.05, 0) is 32.0 Å². The van der Waals surface area contributed by atoms with E-state index >= 15 is 0 Å². The summed E-state index contributed by atoms with van der Waals surface area (Å²) in [5.41, 5.74) is 2.03. The number of hydrogen-bond acceptors (Lipinski definition) is 4. The van der Waals surface area contributed by atoms with Crippen molar-refractivity contribution in [2.75, 3.05) is 6.61 Å². The highest BCUT2D eigenvalue weighted by Gasteiger charge is 2.15. The van der Waals surface area contributed by atoms with Crippen molar-refractivity contribution in [3.8, 4) is 6.07 Å². The van der Waals surface area contributed by atoms with E-state index in [-0.39, 0.29) is 12.4 Å². The molecular formula is C14H13NO3. The molecule has 0 aliphatic heterocycles. The van der Waals surface area contributed by atoms with Gasteiger partial charge in [0, 0.05) is 10.9 Å². The highest BCUT2D eigenvalue weighted by atomic mass is 16.5. The molecule has 0 fully saturated rings. The fourth-order valence-corrected chi connectivity index (χ4v) is 1.92. The van der Waals surface area contributed by atoms with Crippen LogP contribution in [0, 0.1) is 18.3 Å². The normalized spacial score (nSPS) is 10.3. The molecule has 0 amide bonds. The van der Waals surface area contributed by atoms with E-state index in [1.807, 2.05) is 0 Å². The Morgan fingerprint density at radius 1 is 1.50 bits per heavy atom. The Morgan fingerprint density at radius 3 is 2.94 bits per heavy atom. The van der Waals surface area contributed by atoms with Gasteiger partial charge in [0.25, 0.3) is 0 Å². The molecule has 0 bridgehead atoms. The first-order valence-electron chi connectivity index (χ1n) is 5.73. The van der Waals surface area contributed by atoms with Crippen LogP contribution in [-0.2, 0) is 16.0 Å². The van der Waals surface area contributed by atoms with E-state index < -0.39 is 0 Å². The largest absolute Gasteiger partial charge is 0.466 e. The van der Waals surface area contributed by atoms with Gasteiger partial charge in [0.2, 0.25) is 0 Å². The predicted octanol–water partition coefficient (Wildman–Crippen LogP) is 2.72. The SMILES string of the molecule is CCOC(=O)Cc1c(C)oc2ccc(C#N)cc12. The number of fused-ring (bicyclic) bond motifs is 1. The minimum absolute atomic E-state index is 0.168. The Hall–Kier alpha value is -2.28. The number of nitriles is 1. The van der Waals surface area contributed by atoms with Crippen molar-refractivity contribution < 1.29 is 13.9 Å². The molecule has 0 N–H and O–H groups in total. The highest BCUT2D eigenvalue weighted by molar-refractivity contribution is 5.87. The maximum atomic E-state index is 11.5. The zero-order valence-corrected chi connectivity index (χ0v) is 10.3. The molecular weight excluding hydrogens is 230 g/mol. The summed E-state index contributed by atoms with van der Waals surface area (Å²) in [5.74, 6) is 0.402. The number of ether oxygens (including phenoxy) is 1. The first-order valence-corrected chi connectivity index (χ1v) is 5.73. The maximum absolute atomic E-state index is 11.5. The molecule has 1 heterocycles. The van der Waals surface area contributed by atoms with Crippen LogP contribution in [0.25, 0.3) is 11.0 Å². The third-order valence-corrected chi connectivity index (χ3v) is 2.75. The number of hydrogen-bond donors (Lipinski definition) is 0. The third kappa shape index (κ3) is 2.21. The third-order valence-electron chi connectivity index (χ3n) is 2.75. The van der Waals surface area contributed by atoms with Crippen molar-refractivity contribution in [2.45, 2.75) is 20.3 Å². The molecule has 1 aromatic carbocycles. The molecule has 1 aromatic heterocycles. The number of rotatable bonds is 3. The van der Waals surface area contributed by atoms with Gasteiger partial charge in [-0.3, -0.25) is 4.79 Å². The van der Waals surface area contributed by atoms with Gasteiger partial charge in [0.1, 0.15) is 11.3 Å². The number of esters is 1. The molecule has 0 radical (unpaired) electrons. The van der Waals surface area contributed by atoms with Gasteiger partial charge in [-0.25, -0.2) is 0 Å². The van der Waals surface area contributed by atoms with Gasteiger partial charge in [0.05, 0.1) is 24.7 Å². The average Bonchev–Trinajstić information content (AvgIpc) is 2.65. The first kappa shape index (κ1) is 12.2. The number of furan rings is 1. The maximum Gasteiger partial charge on any atom is 0.310 e. The lowest BCUT2D eigenvalue weighted by molar-refractivity contribution is -0.142. The number of benzene rings is 1. The van der Waals surface area contributed by atoms with Crippen molar-refractivity contribution in [1.29, 1.82) is 5.26 Å². The molecule has 92 valence electrons. The summed E-state index contributed by atoms with van der Waals surface area (Å²) in [6.45, 7) is 3.93. The van der Waals surface area contributed by atoms with E-state index in [0.29, 0.717) is 23.5 Å². The second-order valence-electron chi connectivity index (χ2n) is 3.94. The number of carbonyl (C=O) groups excluding carboxylic acids is 1. The summed E-state index contributed by atoms with van der Waals surface area (Å²) in [7, 11) is 0. The molecule has 0 saturated heterocycles. The van der Waals surface area contributed by atoms with Gasteiger partial charge in [-0.15, -0.1) is 0 Å². The molecule has 4 heteroatoms. The second-order valence-corrected chi connectivity index (χ2v) is 3.94. The van der Waals surface area contributed by atoms with Gasteiger partial charge < -0.3 is 9.15 Å². The Labute approximate surface area is 105 Å². The zero-order chi connectivity index (χ0) is 13.1. The lowest BCUT2D eigenvalue weighted by atomic mass is 10.1. The van der Waals surface area contributed by atoms with E-state index in [4.69, 9.17) is 14.4 Å². The lowest BCUT2D eigenvalue weighted by Gasteiger charge is -2.01. The molecule has 2 aromatic rings. The molecule has 0 saturated carbocycles. The molecule has 2 rings (SSSR count). The molecule has 0 unspecified atom stereocenters. The molecule has 0 aliphatic rings. The molecule has 4 nitrogen and oxygen atoms in total. The highest BCUT2D eigenvalue weighted by Crippen LogP contribution is 2.27. The smallest absolute Gasteiger partial charge is 0.310 e. The van der Waals surface area contributed by atoms with Crippen molar-refractivity contribution in [1.82, 2.24) is 0 Å². The Balaban J connectivity index is 2.45. The van der Waals surface area contributed by atoms with Crippen LogP contribution in [0.4, 0.5) is 0 Å². The minimum atomic E-state index is -0.286. The lowest BCUT2D eigenvalue weighted by Crippen LogP contribution is -2.07. The molecule has 18 heavy (non-hydrogen) atoms.